The summed E-state index contributed by atoms with van der Waals surface area (Å²) in [7, 11) is 0. The minimum atomic E-state index is -0.154. The molecule has 5 nitrogen and oxygen atoms in total. The average Bonchev–Trinajstić information content (AvgIpc) is 3.07. The first-order valence-corrected chi connectivity index (χ1v) is 8.74. The number of hydrogen-bond acceptors (Lipinski definition) is 3. The van der Waals surface area contributed by atoms with E-state index in [4.69, 9.17) is 0 Å². The number of hydrogen-bond donors (Lipinski definition) is 1. The number of nitrogens with one attached hydrogen (secondary N) is 1. The van der Waals surface area contributed by atoms with Crippen LogP contribution in [-0.2, 0) is 0 Å². The van der Waals surface area contributed by atoms with Crippen LogP contribution in [0.25, 0.3) is 16.9 Å². The number of imidazole rings is 1. The summed E-state index contributed by atoms with van der Waals surface area (Å²) in [5, 5.41) is 2.86. The first kappa shape index (κ1) is 15.8. The number of anilines is 1. The molecule has 25 heavy (non-hydrogen) atoms. The van der Waals surface area contributed by atoms with Crippen LogP contribution in [0.4, 0.5) is 5.69 Å². The quantitative estimate of drug-likeness (QED) is 0.484. The molecule has 0 unspecified atom stereocenters. The number of carbonyl (C=O) groups excluding carboxylic acids is 1. The molecule has 4 rings (SSSR count). The van der Waals surface area contributed by atoms with Crippen molar-refractivity contribution in [3.05, 3.63) is 82.3 Å². The lowest BCUT2D eigenvalue weighted by atomic mass is 10.2. The lowest BCUT2D eigenvalue weighted by Gasteiger charge is -2.07. The number of benzene rings is 2. The zero-order valence-corrected chi connectivity index (χ0v) is 15.2. The largest absolute Gasteiger partial charge is 0.321 e. The van der Waals surface area contributed by atoms with Crippen molar-refractivity contribution in [1.82, 2.24) is 14.5 Å². The van der Waals surface area contributed by atoms with Crippen molar-refractivity contribution in [3.63, 3.8) is 0 Å². The van der Waals surface area contributed by atoms with Crippen LogP contribution in [0.2, 0.25) is 0 Å². The van der Waals surface area contributed by atoms with E-state index in [2.05, 4.69) is 37.9 Å². The van der Waals surface area contributed by atoms with Gasteiger partial charge in [-0.3, -0.25) is 9.36 Å². The minimum Gasteiger partial charge on any atom is -0.321 e. The molecule has 0 bridgehead atoms. The zero-order chi connectivity index (χ0) is 17.2. The molecule has 0 saturated carbocycles. The van der Waals surface area contributed by atoms with E-state index in [-0.39, 0.29) is 5.91 Å². The van der Waals surface area contributed by atoms with E-state index in [1.165, 1.54) is 0 Å². The predicted octanol–water partition coefficient (Wildman–Crippen LogP) is 4.28. The number of fused-ring (bicyclic) bond motifs is 1. The highest BCUT2D eigenvalue weighted by atomic mass is 127. The van der Waals surface area contributed by atoms with Crippen LogP contribution in [0.3, 0.4) is 0 Å². The van der Waals surface area contributed by atoms with Gasteiger partial charge in [0, 0.05) is 9.13 Å². The van der Waals surface area contributed by atoms with Crippen LogP contribution < -0.4 is 5.32 Å². The maximum Gasteiger partial charge on any atom is 0.255 e. The van der Waals surface area contributed by atoms with Crippen molar-refractivity contribution in [3.8, 4) is 5.82 Å². The smallest absolute Gasteiger partial charge is 0.255 e. The molecular weight excluding hydrogens is 427 g/mol. The molecule has 0 spiro atoms. The summed E-state index contributed by atoms with van der Waals surface area (Å²) in [6.45, 7) is 0. The second-order valence-electron chi connectivity index (χ2n) is 5.47. The van der Waals surface area contributed by atoms with Crippen LogP contribution in [0, 0.1) is 3.57 Å². The Balaban J connectivity index is 1.56. The number of amides is 1. The van der Waals surface area contributed by atoms with Gasteiger partial charge in [0.05, 0.1) is 22.9 Å². The molecule has 0 saturated heterocycles. The Morgan fingerprint density at radius 2 is 1.76 bits per heavy atom. The molecule has 1 N–H and O–H groups in total. The Bertz CT molecular complexity index is 1040. The summed E-state index contributed by atoms with van der Waals surface area (Å²) in [4.78, 5) is 21.1. The Hall–Kier alpha value is -2.74. The van der Waals surface area contributed by atoms with Gasteiger partial charge < -0.3 is 5.32 Å². The van der Waals surface area contributed by atoms with Crippen LogP contribution in [-0.4, -0.2) is 20.4 Å². The molecule has 0 fully saturated rings. The van der Waals surface area contributed by atoms with Crippen molar-refractivity contribution in [2.45, 2.75) is 0 Å². The number of carbonyl (C=O) groups is 1. The summed E-state index contributed by atoms with van der Waals surface area (Å²) < 4.78 is 3.01. The fourth-order valence-electron chi connectivity index (χ4n) is 2.55. The summed E-state index contributed by atoms with van der Waals surface area (Å²) in [6.07, 6.45) is 3.39. The molecule has 2 heterocycles. The van der Waals surface area contributed by atoms with Crippen LogP contribution in [0.1, 0.15) is 10.4 Å². The van der Waals surface area contributed by atoms with E-state index in [1.54, 1.807) is 24.7 Å². The summed E-state index contributed by atoms with van der Waals surface area (Å²) in [6, 6.07) is 19.0. The van der Waals surface area contributed by atoms with Gasteiger partial charge in [-0.25, -0.2) is 9.97 Å². The number of aromatic nitrogens is 3. The number of halogens is 1. The van der Waals surface area contributed by atoms with Crippen LogP contribution in [0.15, 0.2) is 73.2 Å². The molecule has 2 aromatic heterocycles. The minimum absolute atomic E-state index is 0.154. The van der Waals surface area contributed by atoms with Gasteiger partial charge in [-0.2, -0.15) is 0 Å². The molecule has 6 heteroatoms. The van der Waals surface area contributed by atoms with Crippen molar-refractivity contribution < 1.29 is 4.79 Å². The van der Waals surface area contributed by atoms with Gasteiger partial charge >= 0.3 is 0 Å². The molecule has 1 amide bonds. The van der Waals surface area contributed by atoms with E-state index in [0.717, 1.165) is 20.4 Å². The number of para-hydroxylation sites is 2. The molecule has 122 valence electrons. The van der Waals surface area contributed by atoms with Gasteiger partial charge in [0.2, 0.25) is 0 Å². The first-order valence-electron chi connectivity index (χ1n) is 7.66. The van der Waals surface area contributed by atoms with Crippen molar-refractivity contribution in [2.75, 3.05) is 5.32 Å². The topological polar surface area (TPSA) is 59.8 Å². The molecule has 2 aromatic carbocycles. The van der Waals surface area contributed by atoms with Crippen LogP contribution >= 0.6 is 22.6 Å². The lowest BCUT2D eigenvalue weighted by molar-refractivity contribution is 0.102. The van der Waals surface area contributed by atoms with Crippen molar-refractivity contribution in [2.24, 2.45) is 0 Å². The van der Waals surface area contributed by atoms with E-state index in [0.29, 0.717) is 11.3 Å². The Kier molecular flexibility index (Phi) is 4.19. The van der Waals surface area contributed by atoms with E-state index in [9.17, 15) is 4.79 Å². The summed E-state index contributed by atoms with van der Waals surface area (Å²) >= 11 is 2.21. The molecular formula is C19H13IN4O. The second kappa shape index (κ2) is 6.64. The SMILES string of the molecule is O=C(Nc1ccc(-n2cnc3ccccc32)nc1)c1ccc(I)cc1. The highest BCUT2D eigenvalue weighted by Crippen LogP contribution is 2.18. The highest BCUT2D eigenvalue weighted by Gasteiger charge is 2.08. The average molecular weight is 440 g/mol. The zero-order valence-electron chi connectivity index (χ0n) is 13.1. The monoisotopic (exact) mass is 440 g/mol. The van der Waals surface area contributed by atoms with Gasteiger partial charge in [-0.05, 0) is 71.1 Å². The maximum absolute atomic E-state index is 12.3. The van der Waals surface area contributed by atoms with Crippen molar-refractivity contribution >= 4 is 45.2 Å². The molecule has 0 atom stereocenters. The Labute approximate surface area is 157 Å². The Morgan fingerprint density at radius 1 is 0.960 bits per heavy atom. The van der Waals surface area contributed by atoms with E-state index in [1.807, 2.05) is 53.1 Å². The van der Waals surface area contributed by atoms with Gasteiger partial charge in [-0.1, -0.05) is 12.1 Å². The third kappa shape index (κ3) is 3.25. The van der Waals surface area contributed by atoms with Gasteiger partial charge in [0.15, 0.2) is 0 Å². The summed E-state index contributed by atoms with van der Waals surface area (Å²) in [5.74, 6) is 0.597. The van der Waals surface area contributed by atoms with Crippen LogP contribution in [0.5, 0.6) is 0 Å². The Morgan fingerprint density at radius 3 is 2.52 bits per heavy atom. The van der Waals surface area contributed by atoms with Crippen molar-refractivity contribution in [1.29, 1.82) is 0 Å². The van der Waals surface area contributed by atoms with E-state index >= 15 is 0 Å². The van der Waals surface area contributed by atoms with E-state index < -0.39 is 0 Å². The van der Waals surface area contributed by atoms with Gasteiger partial charge in [0.25, 0.3) is 5.91 Å². The predicted molar refractivity (Wildman–Crippen MR) is 106 cm³/mol. The third-order valence-electron chi connectivity index (χ3n) is 3.81. The van der Waals surface area contributed by atoms with Gasteiger partial charge in [0.1, 0.15) is 12.1 Å². The molecule has 0 radical (unpaired) electrons. The highest BCUT2D eigenvalue weighted by molar-refractivity contribution is 14.1. The summed E-state index contributed by atoms with van der Waals surface area (Å²) in [5.41, 5.74) is 3.17. The first-order chi connectivity index (χ1) is 12.2. The maximum atomic E-state index is 12.3. The fraction of sp³-hybridized carbons (Fsp3) is 0. The third-order valence-corrected chi connectivity index (χ3v) is 4.53. The fourth-order valence-corrected chi connectivity index (χ4v) is 2.91. The number of nitrogens with zero attached hydrogens (tertiary/aromatic N) is 3. The number of pyridine rings is 1. The number of rotatable bonds is 3. The normalized spacial score (nSPS) is 10.8. The molecule has 0 aliphatic carbocycles. The lowest BCUT2D eigenvalue weighted by Crippen LogP contribution is -2.12. The molecule has 4 aromatic rings. The van der Waals surface area contributed by atoms with Gasteiger partial charge in [-0.15, -0.1) is 0 Å². The molecule has 0 aliphatic heterocycles. The standard InChI is InChI=1S/C19H13IN4O/c20-14-7-5-13(6-8-14)19(25)23-15-9-10-18(21-11-15)24-12-22-16-3-1-2-4-17(16)24/h1-12H,(H,23,25). The second-order valence-corrected chi connectivity index (χ2v) is 6.72. The molecule has 0 aliphatic rings.